The Hall–Kier alpha value is -10.6. The lowest BCUT2D eigenvalue weighted by Gasteiger charge is -2.30. The fourth-order valence-electron chi connectivity index (χ4n) is 16.9. The summed E-state index contributed by atoms with van der Waals surface area (Å²) < 4.78 is 0. The van der Waals surface area contributed by atoms with Crippen LogP contribution in [0.1, 0.15) is 309 Å². The van der Waals surface area contributed by atoms with Crippen molar-refractivity contribution in [3.8, 4) is 0 Å². The third-order valence-corrected chi connectivity index (χ3v) is 24.6. The highest BCUT2D eigenvalue weighted by Gasteiger charge is 2.41. The number of hydrogen-bond acceptors (Lipinski definition) is 25. The molecule has 1 aromatic heterocycles. The van der Waals surface area contributed by atoms with Gasteiger partial charge in [-0.25, -0.2) is 5.84 Å². The lowest BCUT2D eigenvalue weighted by atomic mass is 9.98. The molecule has 0 fully saturated rings. The lowest BCUT2D eigenvalue weighted by Crippen LogP contribution is -2.61. The highest BCUT2D eigenvalue weighted by molar-refractivity contribution is 6.01. The Morgan fingerprint density at radius 2 is 0.500 bits per heavy atom. The van der Waals surface area contributed by atoms with Crippen LogP contribution in [0.4, 0.5) is 0 Å². The molecule has 17 amide bonds. The molecule has 0 radical (unpaired) electrons. The number of carbonyl (C=O) groups excluding carboxylic acids is 17. The van der Waals surface area contributed by atoms with Crippen molar-refractivity contribution in [1.82, 2.24) is 95.5 Å². The Bertz CT molecular complexity index is 4280. The molecule has 0 aliphatic rings. The summed E-state index contributed by atoms with van der Waals surface area (Å²) in [5.41, 5.74) is 45.0. The Morgan fingerprint density at radius 3 is 0.767 bits per heavy atom. The van der Waals surface area contributed by atoms with Gasteiger partial charge in [0.1, 0.15) is 84.6 Å². The highest BCUT2D eigenvalue weighted by Crippen LogP contribution is 2.23. The average Bonchev–Trinajstić information content (AvgIpc) is 1.67. The van der Waals surface area contributed by atoms with E-state index in [9.17, 15) is 52.7 Å². The zero-order valence-corrected chi connectivity index (χ0v) is 90.3. The summed E-state index contributed by atoms with van der Waals surface area (Å²) >= 11 is 0. The fraction of sp³-hybridized carbons (Fsp3) is 0.757. The second-order valence-corrected chi connectivity index (χ2v) is 42.2. The number of nitrogens with two attached hydrogens (primary N) is 8. The van der Waals surface area contributed by atoms with Crippen LogP contribution in [0.25, 0.3) is 10.9 Å². The maximum absolute atomic E-state index is 15.5. The summed E-state index contributed by atoms with van der Waals surface area (Å²) in [5, 5.41) is 45.9. The van der Waals surface area contributed by atoms with Gasteiger partial charge in [-0.3, -0.25) is 86.9 Å². The van der Waals surface area contributed by atoms with Gasteiger partial charge >= 0.3 is 0 Å². The van der Waals surface area contributed by atoms with E-state index < -0.39 is 192 Å². The predicted octanol–water partition coefficient (Wildman–Crippen LogP) is 1.75. The molecule has 2 rings (SSSR count). The number of H-pyrrole nitrogens is 1. The Labute approximate surface area is 866 Å². The quantitative estimate of drug-likeness (QED) is 0.0194. The van der Waals surface area contributed by atoms with E-state index in [2.05, 4.69) is 95.5 Å². The number of nitrogens with one attached hydrogen (secondary N) is 18. The Balaban J connectivity index is 2.67. The first kappa shape index (κ1) is 131. The van der Waals surface area contributed by atoms with Crippen molar-refractivity contribution in [2.75, 3.05) is 52.4 Å². The SMILES string of the molecule is CC(C)C[C@H](NC(=O)[C@H](CCCCN)NC(=O)[C@H](CC(C)C)NC(=O)[C@H](CC(C)C)NC(=O)[C@H](CCCCN)NC(=O)[C@H](Cc1c[nH]c2ccccc12)NC(=O)[C@H](CC(C)C)NC(=O)[C@H](CC(C)C)NC(=O)[C@H](CCCCN)NC(=O)[C@H](CC(C)C)NC(=O)[C@H](CC(C)C)NC(=O)[C@H](CCCCN)NC(=O)[C@H](CCCCN)NC(=O)[C@@H](N)CC(C)C)C(=O)N[C@@H](CCCCN)C(=O)NCC(=O)NCCCCCC(=O)NN. The number of rotatable bonds is 79. The maximum Gasteiger partial charge on any atom is 0.243 e. The molecule has 43 heteroatoms. The summed E-state index contributed by atoms with van der Waals surface area (Å²) in [5.74, 6) is -8.17. The van der Waals surface area contributed by atoms with Gasteiger partial charge in [0.2, 0.25) is 100 Å². The molecule has 0 aliphatic heterocycles. The summed E-state index contributed by atoms with van der Waals surface area (Å²) in [6.07, 6.45) is 9.89. The molecular formula is C103H188N26O17. The van der Waals surface area contributed by atoms with E-state index in [1.807, 2.05) is 129 Å². The zero-order valence-electron chi connectivity index (χ0n) is 90.3. The van der Waals surface area contributed by atoms with Crippen molar-refractivity contribution in [2.24, 2.45) is 93.3 Å². The number of hydrogen-bond donors (Lipinski definition) is 26. The molecule has 0 saturated heterocycles. The van der Waals surface area contributed by atoms with E-state index in [1.165, 1.54) is 0 Å². The first-order valence-corrected chi connectivity index (χ1v) is 53.5. The molecule has 0 aliphatic carbocycles. The number of carbonyl (C=O) groups is 17. The van der Waals surface area contributed by atoms with Crippen molar-refractivity contribution in [3.63, 3.8) is 0 Å². The van der Waals surface area contributed by atoms with E-state index >= 15 is 28.8 Å². The number of aromatic nitrogens is 1. The molecule has 1 heterocycles. The van der Waals surface area contributed by atoms with Gasteiger partial charge in [0.05, 0.1) is 12.6 Å². The summed E-state index contributed by atoms with van der Waals surface area (Å²) in [6, 6.07) is -11.6. The molecule has 1 aromatic carbocycles. The van der Waals surface area contributed by atoms with Crippen LogP contribution in [0.3, 0.4) is 0 Å². The van der Waals surface area contributed by atoms with Gasteiger partial charge in [0.25, 0.3) is 0 Å². The minimum atomic E-state index is -1.47. The number of amides is 17. The van der Waals surface area contributed by atoms with Crippen molar-refractivity contribution in [3.05, 3.63) is 36.0 Å². The molecule has 0 spiro atoms. The number of para-hydroxylation sites is 1. The number of unbranched alkanes of at least 4 members (excludes halogenated alkanes) is 8. The number of fused-ring (bicyclic) bond motifs is 1. The van der Waals surface area contributed by atoms with Gasteiger partial charge in [0, 0.05) is 36.5 Å². The van der Waals surface area contributed by atoms with E-state index in [0.29, 0.717) is 139 Å². The normalized spacial score (nSPS) is 14.7. The monoisotopic (exact) mass is 2060 g/mol. The first-order chi connectivity index (χ1) is 69.1. The van der Waals surface area contributed by atoms with Gasteiger partial charge in [-0.1, -0.05) is 135 Å². The molecule has 43 nitrogen and oxygen atoms in total. The maximum atomic E-state index is 15.5. The number of hydrazine groups is 1. The number of aromatic amines is 1. The molecule has 34 N–H and O–H groups in total. The van der Waals surface area contributed by atoms with E-state index in [0.717, 1.165) is 0 Å². The molecule has 15 atom stereocenters. The fourth-order valence-corrected chi connectivity index (χ4v) is 16.9. The van der Waals surface area contributed by atoms with Crippen LogP contribution < -0.4 is 136 Å². The van der Waals surface area contributed by atoms with E-state index in [-0.39, 0.29) is 176 Å². The van der Waals surface area contributed by atoms with Crippen molar-refractivity contribution < 1.29 is 81.5 Å². The molecular weight excluding hydrogens is 1870 g/mol. The molecule has 0 unspecified atom stereocenters. The van der Waals surface area contributed by atoms with Crippen molar-refractivity contribution in [1.29, 1.82) is 0 Å². The van der Waals surface area contributed by atoms with Gasteiger partial charge in [-0.05, 0) is 278 Å². The van der Waals surface area contributed by atoms with Crippen LogP contribution in [-0.2, 0) is 87.9 Å². The topological polar surface area (TPSA) is 719 Å². The second kappa shape index (κ2) is 73.5. The van der Waals surface area contributed by atoms with Crippen LogP contribution >= 0.6 is 0 Å². The molecule has 0 bridgehead atoms. The summed E-state index contributed by atoms with van der Waals surface area (Å²) in [6.45, 7) is 31.0. The molecule has 2 aromatic rings. The second-order valence-electron chi connectivity index (χ2n) is 42.2. The Morgan fingerprint density at radius 1 is 0.260 bits per heavy atom. The van der Waals surface area contributed by atoms with Crippen molar-refractivity contribution in [2.45, 2.75) is 400 Å². The molecule has 0 saturated carbocycles. The predicted molar refractivity (Wildman–Crippen MR) is 567 cm³/mol. The van der Waals surface area contributed by atoms with Crippen LogP contribution in [0.15, 0.2) is 30.5 Å². The van der Waals surface area contributed by atoms with Crippen LogP contribution in [-0.4, -0.2) is 248 Å². The van der Waals surface area contributed by atoms with Crippen molar-refractivity contribution >= 4 is 111 Å². The minimum Gasteiger partial charge on any atom is -0.361 e. The lowest BCUT2D eigenvalue weighted by molar-refractivity contribution is -0.137. The Kier molecular flexibility index (Phi) is 66.2. The van der Waals surface area contributed by atoms with Crippen LogP contribution in [0, 0.1) is 47.3 Å². The third kappa shape index (κ3) is 54.4. The van der Waals surface area contributed by atoms with Gasteiger partial charge < -0.3 is 130 Å². The minimum absolute atomic E-state index is 0.00672. The molecule has 146 heavy (non-hydrogen) atoms. The highest BCUT2D eigenvalue weighted by atomic mass is 16.2. The van der Waals surface area contributed by atoms with Crippen LogP contribution in [0.5, 0.6) is 0 Å². The van der Waals surface area contributed by atoms with Gasteiger partial charge in [-0.2, -0.15) is 0 Å². The molecule has 832 valence electrons. The van der Waals surface area contributed by atoms with Crippen LogP contribution in [0.2, 0.25) is 0 Å². The summed E-state index contributed by atoms with van der Waals surface area (Å²) in [4.78, 5) is 249. The van der Waals surface area contributed by atoms with E-state index in [4.69, 9.17) is 46.0 Å². The largest absolute Gasteiger partial charge is 0.361 e. The average molecular weight is 2060 g/mol. The third-order valence-electron chi connectivity index (χ3n) is 24.6. The standard InChI is InChI=1S/C103H188N26O17/c1-61(2)50-71(110)89(132)115-74(37-22-28-44-105)91(134)117-75(38-23-29-45-106)92(135)122-82(54-65(9)10)99(142)125-81(53-64(7)8)98(141)119-77(40-25-31-47-108)94(137)123-84(56-67(13)14)101(144)127-85(57-68(15)16)102(145)128-86(58-69-59-113-72-35-20-19-34-70(69)72)103(146)120-78(41-26-32-48-109)95(138)124-83(55-66(11)12)100(143)126-80(52-63(5)6)97(140)118-76(39-24-30-46-107)93(136)121-79(51-62(3)4)96(139)116-73(36-21-27-43-104)90(133)114-60-88(131)112-49-33-17-18-42-87(130)129-111/h19-20,34-35,59,61-68,71,73-86,113H,17-18,21-33,36-58,60,104-111H2,1-16H3,(H,112,131)(H,114,133)(H,115,132)(H,116,139)(H,117,134)(H,118,140)(H,119,141)(H,120,146)(H,121,136)(H,122,135)(H,123,137)(H,124,138)(H,125,142)(H,126,143)(H,127,144)(H,128,145)(H,129,130)/t71-,73-,74-,75-,76-,77-,78-,79-,80-,81-,82-,83-,84-,85-,86-/m0/s1. The zero-order chi connectivity index (χ0) is 110. The number of benzene rings is 1. The van der Waals surface area contributed by atoms with E-state index in [1.54, 1.807) is 12.3 Å². The van der Waals surface area contributed by atoms with Gasteiger partial charge in [0.15, 0.2) is 0 Å². The smallest absolute Gasteiger partial charge is 0.243 e. The van der Waals surface area contributed by atoms with Gasteiger partial charge in [-0.15, -0.1) is 0 Å². The summed E-state index contributed by atoms with van der Waals surface area (Å²) in [7, 11) is 0. The first-order valence-electron chi connectivity index (χ1n) is 53.5.